The van der Waals surface area contributed by atoms with E-state index in [0.29, 0.717) is 6.54 Å². The summed E-state index contributed by atoms with van der Waals surface area (Å²) in [5.74, 6) is 0.144. The largest absolute Gasteiger partial charge is 0.435 e. The molecular weight excluding hydrogens is 344 g/mol. The Morgan fingerprint density at radius 2 is 2.00 bits per heavy atom. The fourth-order valence-electron chi connectivity index (χ4n) is 1.95. The lowest BCUT2D eigenvalue weighted by Gasteiger charge is -2.09. The highest BCUT2D eigenvalue weighted by molar-refractivity contribution is 9.10. The van der Waals surface area contributed by atoms with Crippen LogP contribution in [0.1, 0.15) is 18.3 Å². The first-order valence-corrected chi connectivity index (χ1v) is 7.29. The second kappa shape index (κ2) is 6.89. The SMILES string of the molecule is CCc1nn(C)c(CNc2ccc(OC(F)F)cc2)c1Br. The summed E-state index contributed by atoms with van der Waals surface area (Å²) in [6.45, 7) is -0.174. The topological polar surface area (TPSA) is 39.1 Å². The molecule has 7 heteroatoms. The molecule has 0 radical (unpaired) electrons. The molecule has 1 aromatic heterocycles. The van der Waals surface area contributed by atoms with Gasteiger partial charge in [-0.2, -0.15) is 13.9 Å². The number of halogens is 3. The molecule has 0 aliphatic carbocycles. The first kappa shape index (κ1) is 15.8. The van der Waals surface area contributed by atoms with Crippen molar-refractivity contribution in [2.45, 2.75) is 26.5 Å². The summed E-state index contributed by atoms with van der Waals surface area (Å²) in [5.41, 5.74) is 2.86. The number of hydrogen-bond donors (Lipinski definition) is 1. The van der Waals surface area contributed by atoms with E-state index in [0.717, 1.165) is 28.0 Å². The van der Waals surface area contributed by atoms with Gasteiger partial charge in [0.15, 0.2) is 0 Å². The zero-order chi connectivity index (χ0) is 15.4. The third kappa shape index (κ3) is 3.93. The fraction of sp³-hybridized carbons (Fsp3) is 0.357. The first-order chi connectivity index (χ1) is 10.0. The molecule has 0 spiro atoms. The van der Waals surface area contributed by atoms with Crippen molar-refractivity contribution in [1.29, 1.82) is 0 Å². The number of nitrogens with zero attached hydrogens (tertiary/aromatic N) is 2. The molecule has 2 aromatic rings. The quantitative estimate of drug-likeness (QED) is 0.848. The molecule has 1 aromatic carbocycles. The van der Waals surface area contributed by atoms with Crippen LogP contribution in [0.25, 0.3) is 0 Å². The molecule has 0 amide bonds. The molecule has 4 nitrogen and oxygen atoms in total. The summed E-state index contributed by atoms with van der Waals surface area (Å²) in [4.78, 5) is 0. The van der Waals surface area contributed by atoms with Crippen molar-refractivity contribution >= 4 is 21.6 Å². The van der Waals surface area contributed by atoms with Crippen molar-refractivity contribution in [2.24, 2.45) is 7.05 Å². The maximum absolute atomic E-state index is 12.1. The summed E-state index contributed by atoms with van der Waals surface area (Å²) >= 11 is 3.55. The Balaban J connectivity index is 2.01. The Labute approximate surface area is 130 Å². The van der Waals surface area contributed by atoms with E-state index in [1.807, 2.05) is 18.7 Å². The summed E-state index contributed by atoms with van der Waals surface area (Å²) < 4.78 is 31.3. The fourth-order valence-corrected chi connectivity index (χ4v) is 2.71. The van der Waals surface area contributed by atoms with Gasteiger partial charge in [-0.25, -0.2) is 0 Å². The number of aryl methyl sites for hydroxylation is 2. The van der Waals surface area contributed by atoms with E-state index < -0.39 is 6.61 Å². The van der Waals surface area contributed by atoms with Gasteiger partial charge in [0.25, 0.3) is 0 Å². The van der Waals surface area contributed by atoms with E-state index >= 15 is 0 Å². The number of hydrogen-bond acceptors (Lipinski definition) is 3. The lowest BCUT2D eigenvalue weighted by molar-refractivity contribution is -0.0498. The van der Waals surface area contributed by atoms with Crippen LogP contribution in [-0.2, 0) is 20.0 Å². The molecule has 21 heavy (non-hydrogen) atoms. The molecule has 1 heterocycles. The minimum atomic E-state index is -2.80. The van der Waals surface area contributed by atoms with Crippen LogP contribution in [0, 0.1) is 0 Å². The van der Waals surface area contributed by atoms with Crippen LogP contribution in [0.2, 0.25) is 0 Å². The second-order valence-electron chi connectivity index (χ2n) is 4.44. The van der Waals surface area contributed by atoms with Gasteiger partial charge in [0.1, 0.15) is 5.75 Å². The van der Waals surface area contributed by atoms with E-state index in [1.165, 1.54) is 12.1 Å². The number of benzene rings is 1. The minimum Gasteiger partial charge on any atom is -0.435 e. The molecule has 1 N–H and O–H groups in total. The standard InChI is InChI=1S/C14H16BrF2N3O/c1-3-11-13(15)12(20(2)19-11)8-18-9-4-6-10(7-5-9)21-14(16)17/h4-7,14,18H,3,8H2,1-2H3. The lowest BCUT2D eigenvalue weighted by Crippen LogP contribution is -2.06. The summed E-state index contributed by atoms with van der Waals surface area (Å²) in [5, 5.41) is 7.64. The Morgan fingerprint density at radius 1 is 1.33 bits per heavy atom. The van der Waals surface area contributed by atoms with E-state index in [1.54, 1.807) is 12.1 Å². The molecule has 0 aliphatic heterocycles. The van der Waals surface area contributed by atoms with Crippen molar-refractivity contribution in [3.63, 3.8) is 0 Å². The molecule has 0 saturated carbocycles. The number of ether oxygens (including phenoxy) is 1. The predicted molar refractivity (Wildman–Crippen MR) is 80.7 cm³/mol. The van der Waals surface area contributed by atoms with Gasteiger partial charge in [0.2, 0.25) is 0 Å². The Bertz CT molecular complexity index is 599. The molecule has 0 saturated heterocycles. The van der Waals surface area contributed by atoms with Crippen molar-refractivity contribution in [3.8, 4) is 5.75 Å². The average molecular weight is 360 g/mol. The zero-order valence-electron chi connectivity index (χ0n) is 11.7. The van der Waals surface area contributed by atoms with Crippen molar-refractivity contribution < 1.29 is 13.5 Å². The van der Waals surface area contributed by atoms with Gasteiger partial charge in [-0.1, -0.05) is 6.92 Å². The molecule has 0 fully saturated rings. The van der Waals surface area contributed by atoms with Crippen LogP contribution in [-0.4, -0.2) is 16.4 Å². The van der Waals surface area contributed by atoms with Gasteiger partial charge in [-0.15, -0.1) is 0 Å². The van der Waals surface area contributed by atoms with Gasteiger partial charge in [-0.3, -0.25) is 4.68 Å². The second-order valence-corrected chi connectivity index (χ2v) is 5.23. The van der Waals surface area contributed by atoms with Gasteiger partial charge in [-0.05, 0) is 46.6 Å². The van der Waals surface area contributed by atoms with E-state index in [-0.39, 0.29) is 5.75 Å². The van der Waals surface area contributed by atoms with Gasteiger partial charge < -0.3 is 10.1 Å². The number of alkyl halides is 2. The lowest BCUT2D eigenvalue weighted by atomic mass is 10.2. The maximum atomic E-state index is 12.1. The van der Waals surface area contributed by atoms with Crippen molar-refractivity contribution in [2.75, 3.05) is 5.32 Å². The third-order valence-corrected chi connectivity index (χ3v) is 3.96. The van der Waals surface area contributed by atoms with Crippen LogP contribution >= 0.6 is 15.9 Å². The van der Waals surface area contributed by atoms with E-state index in [2.05, 4.69) is 31.1 Å². The first-order valence-electron chi connectivity index (χ1n) is 6.50. The van der Waals surface area contributed by atoms with Crippen LogP contribution in [0.5, 0.6) is 5.75 Å². The summed E-state index contributed by atoms with van der Waals surface area (Å²) in [7, 11) is 1.89. The number of anilines is 1. The minimum absolute atomic E-state index is 0.144. The predicted octanol–water partition coefficient (Wildman–Crippen LogP) is 3.96. The van der Waals surface area contributed by atoms with Gasteiger partial charge in [0.05, 0.1) is 22.4 Å². The number of rotatable bonds is 6. The summed E-state index contributed by atoms with van der Waals surface area (Å²) in [6.07, 6.45) is 0.855. The zero-order valence-corrected chi connectivity index (χ0v) is 13.3. The van der Waals surface area contributed by atoms with Crippen molar-refractivity contribution in [3.05, 3.63) is 40.1 Å². The van der Waals surface area contributed by atoms with Crippen LogP contribution in [0.4, 0.5) is 14.5 Å². The normalized spacial score (nSPS) is 11.0. The van der Waals surface area contributed by atoms with Crippen LogP contribution in [0.3, 0.4) is 0 Å². The van der Waals surface area contributed by atoms with Crippen molar-refractivity contribution in [1.82, 2.24) is 9.78 Å². The van der Waals surface area contributed by atoms with E-state index in [4.69, 9.17) is 0 Å². The summed E-state index contributed by atoms with van der Waals surface area (Å²) in [6, 6.07) is 6.40. The number of aromatic nitrogens is 2. The molecule has 0 atom stereocenters. The Morgan fingerprint density at radius 3 is 2.52 bits per heavy atom. The maximum Gasteiger partial charge on any atom is 0.387 e. The van der Waals surface area contributed by atoms with Crippen LogP contribution in [0.15, 0.2) is 28.7 Å². The van der Waals surface area contributed by atoms with Gasteiger partial charge in [0, 0.05) is 12.7 Å². The highest BCUT2D eigenvalue weighted by atomic mass is 79.9. The van der Waals surface area contributed by atoms with E-state index in [9.17, 15) is 8.78 Å². The molecule has 2 rings (SSSR count). The Kier molecular flexibility index (Phi) is 5.17. The average Bonchev–Trinajstić information content (AvgIpc) is 2.72. The highest BCUT2D eigenvalue weighted by Gasteiger charge is 2.12. The monoisotopic (exact) mass is 359 g/mol. The molecule has 0 unspecified atom stereocenters. The Hall–Kier alpha value is -1.63. The smallest absolute Gasteiger partial charge is 0.387 e. The molecule has 114 valence electrons. The molecule has 0 aliphatic rings. The van der Waals surface area contributed by atoms with Crippen LogP contribution < -0.4 is 10.1 Å². The molecular formula is C14H16BrF2N3O. The third-order valence-electron chi connectivity index (χ3n) is 3.04. The number of nitrogens with one attached hydrogen (secondary N) is 1. The highest BCUT2D eigenvalue weighted by Crippen LogP contribution is 2.23. The van der Waals surface area contributed by atoms with Gasteiger partial charge >= 0.3 is 6.61 Å². The molecule has 0 bridgehead atoms.